The largest absolute Gasteiger partial charge is 0.289 e. The van der Waals surface area contributed by atoms with Crippen LogP contribution in [-0.4, -0.2) is 31.5 Å². The van der Waals surface area contributed by atoms with Gasteiger partial charge in [0.2, 0.25) is 5.95 Å². The normalized spacial score (nSPS) is 9.75. The molecule has 16 heavy (non-hydrogen) atoms. The maximum absolute atomic E-state index is 11.7. The summed E-state index contributed by atoms with van der Waals surface area (Å²) in [5, 5.41) is 15.1. The van der Waals surface area contributed by atoms with Crippen LogP contribution in [-0.2, 0) is 4.79 Å². The maximum atomic E-state index is 11.7. The Bertz CT molecular complexity index is 492. The summed E-state index contributed by atoms with van der Waals surface area (Å²) in [5.41, 5.74) is 0.942. The standard InChI is InChI=1S/C9H8N6O/c1-6(7-3-2-4-10-5-7)8(16)11-9-12-14-15-13-9/h2-5H,1H2,(H2,11,12,13,14,15,16). The van der Waals surface area contributed by atoms with Crippen LogP contribution in [0.4, 0.5) is 5.95 Å². The lowest BCUT2D eigenvalue weighted by atomic mass is 10.1. The number of amides is 1. The summed E-state index contributed by atoms with van der Waals surface area (Å²) in [6.45, 7) is 3.67. The molecule has 0 unspecified atom stereocenters. The first-order chi connectivity index (χ1) is 7.77. The summed E-state index contributed by atoms with van der Waals surface area (Å²) in [6, 6.07) is 3.47. The van der Waals surface area contributed by atoms with Gasteiger partial charge in [-0.2, -0.15) is 0 Å². The van der Waals surface area contributed by atoms with E-state index < -0.39 is 0 Å². The van der Waals surface area contributed by atoms with Crippen LogP contribution in [0.1, 0.15) is 5.56 Å². The molecule has 0 aliphatic heterocycles. The molecule has 7 nitrogen and oxygen atoms in total. The van der Waals surface area contributed by atoms with Gasteiger partial charge in [0.1, 0.15) is 0 Å². The number of anilines is 1. The topological polar surface area (TPSA) is 96.5 Å². The van der Waals surface area contributed by atoms with Crippen molar-refractivity contribution in [2.75, 3.05) is 5.32 Å². The third kappa shape index (κ3) is 2.08. The maximum Gasteiger partial charge on any atom is 0.258 e. The molecule has 0 fully saturated rings. The lowest BCUT2D eigenvalue weighted by Gasteiger charge is -2.03. The molecule has 2 heterocycles. The van der Waals surface area contributed by atoms with Crippen LogP contribution in [0, 0.1) is 0 Å². The smallest absolute Gasteiger partial charge is 0.258 e. The second-order valence-electron chi connectivity index (χ2n) is 2.92. The first kappa shape index (κ1) is 9.97. The fourth-order valence-electron chi connectivity index (χ4n) is 1.07. The number of H-pyrrole nitrogens is 1. The summed E-state index contributed by atoms with van der Waals surface area (Å²) in [4.78, 5) is 15.6. The molecule has 0 aliphatic carbocycles. The molecule has 80 valence electrons. The zero-order valence-electron chi connectivity index (χ0n) is 8.21. The monoisotopic (exact) mass is 216 g/mol. The zero-order chi connectivity index (χ0) is 11.4. The van der Waals surface area contributed by atoms with Crippen LogP contribution in [0.2, 0.25) is 0 Å². The Balaban J connectivity index is 2.09. The van der Waals surface area contributed by atoms with E-state index in [0.29, 0.717) is 11.1 Å². The van der Waals surface area contributed by atoms with E-state index in [9.17, 15) is 4.79 Å². The zero-order valence-corrected chi connectivity index (χ0v) is 8.21. The minimum absolute atomic E-state index is 0.176. The van der Waals surface area contributed by atoms with Gasteiger partial charge in [-0.3, -0.25) is 15.1 Å². The molecule has 0 aliphatic rings. The molecule has 0 bridgehead atoms. The van der Waals surface area contributed by atoms with Crippen LogP contribution >= 0.6 is 0 Å². The molecule has 0 aromatic carbocycles. The van der Waals surface area contributed by atoms with Crippen LogP contribution < -0.4 is 5.32 Å². The highest BCUT2D eigenvalue weighted by Crippen LogP contribution is 2.11. The van der Waals surface area contributed by atoms with Gasteiger partial charge in [0.05, 0.1) is 0 Å². The van der Waals surface area contributed by atoms with E-state index in [1.165, 1.54) is 0 Å². The van der Waals surface area contributed by atoms with Gasteiger partial charge in [0, 0.05) is 23.5 Å². The highest BCUT2D eigenvalue weighted by atomic mass is 16.1. The lowest BCUT2D eigenvalue weighted by molar-refractivity contribution is -0.111. The lowest BCUT2D eigenvalue weighted by Crippen LogP contribution is -2.14. The molecule has 1 amide bonds. The molecule has 0 atom stereocenters. The van der Waals surface area contributed by atoms with Crippen molar-refractivity contribution in [3.05, 3.63) is 36.7 Å². The van der Waals surface area contributed by atoms with Crippen LogP contribution in [0.5, 0.6) is 0 Å². The Kier molecular flexibility index (Phi) is 2.68. The van der Waals surface area contributed by atoms with Crippen molar-refractivity contribution < 1.29 is 4.79 Å². The van der Waals surface area contributed by atoms with Gasteiger partial charge < -0.3 is 0 Å². The Morgan fingerprint density at radius 2 is 2.38 bits per heavy atom. The number of carbonyl (C=O) groups is 1. The summed E-state index contributed by atoms with van der Waals surface area (Å²) in [6.07, 6.45) is 3.18. The molecular formula is C9H8N6O. The van der Waals surface area contributed by atoms with Gasteiger partial charge in [0.15, 0.2) is 0 Å². The van der Waals surface area contributed by atoms with E-state index in [-0.39, 0.29) is 11.9 Å². The Morgan fingerprint density at radius 1 is 1.50 bits per heavy atom. The minimum Gasteiger partial charge on any atom is -0.289 e. The number of tetrazole rings is 1. The fourth-order valence-corrected chi connectivity index (χ4v) is 1.07. The predicted octanol–water partition coefficient (Wildman–Crippen LogP) is 0.247. The number of hydrogen-bond acceptors (Lipinski definition) is 5. The molecule has 2 aromatic heterocycles. The molecule has 0 radical (unpaired) electrons. The Labute approximate surface area is 90.6 Å². The summed E-state index contributed by atoms with van der Waals surface area (Å²) in [5.74, 6) is -0.207. The van der Waals surface area contributed by atoms with Crippen LogP contribution in [0.3, 0.4) is 0 Å². The summed E-state index contributed by atoms with van der Waals surface area (Å²) in [7, 11) is 0. The van der Waals surface area contributed by atoms with Crippen molar-refractivity contribution in [3.8, 4) is 0 Å². The van der Waals surface area contributed by atoms with E-state index in [4.69, 9.17) is 0 Å². The van der Waals surface area contributed by atoms with Crippen molar-refractivity contribution in [2.24, 2.45) is 0 Å². The van der Waals surface area contributed by atoms with Crippen molar-refractivity contribution in [3.63, 3.8) is 0 Å². The molecule has 0 saturated carbocycles. The summed E-state index contributed by atoms with van der Waals surface area (Å²) >= 11 is 0. The van der Waals surface area contributed by atoms with Gasteiger partial charge in [-0.15, -0.1) is 0 Å². The van der Waals surface area contributed by atoms with Crippen LogP contribution in [0.25, 0.3) is 5.57 Å². The highest BCUT2D eigenvalue weighted by molar-refractivity contribution is 6.24. The van der Waals surface area contributed by atoms with Gasteiger partial charge >= 0.3 is 0 Å². The van der Waals surface area contributed by atoms with Crippen molar-refractivity contribution >= 4 is 17.4 Å². The third-order valence-electron chi connectivity index (χ3n) is 1.86. The minimum atomic E-state index is -0.383. The molecule has 2 aromatic rings. The van der Waals surface area contributed by atoms with Gasteiger partial charge in [0.25, 0.3) is 5.91 Å². The number of hydrogen-bond donors (Lipinski definition) is 2. The summed E-state index contributed by atoms with van der Waals surface area (Å²) < 4.78 is 0. The highest BCUT2D eigenvalue weighted by Gasteiger charge is 2.10. The number of nitrogens with zero attached hydrogens (tertiary/aromatic N) is 4. The van der Waals surface area contributed by atoms with E-state index in [2.05, 4.69) is 37.5 Å². The van der Waals surface area contributed by atoms with Crippen molar-refractivity contribution in [1.29, 1.82) is 0 Å². The van der Waals surface area contributed by atoms with Crippen LogP contribution in [0.15, 0.2) is 31.1 Å². The number of pyridine rings is 1. The SMILES string of the molecule is C=C(C(=O)Nc1nnn[nH]1)c1cccnc1. The quantitative estimate of drug-likeness (QED) is 0.716. The molecule has 7 heteroatoms. The third-order valence-corrected chi connectivity index (χ3v) is 1.86. The first-order valence-electron chi connectivity index (χ1n) is 4.42. The van der Waals surface area contributed by atoms with Gasteiger partial charge in [-0.05, 0) is 16.5 Å². The second-order valence-corrected chi connectivity index (χ2v) is 2.92. The van der Waals surface area contributed by atoms with E-state index >= 15 is 0 Å². The molecule has 2 rings (SSSR count). The van der Waals surface area contributed by atoms with E-state index in [1.807, 2.05) is 0 Å². The number of carbonyl (C=O) groups excluding carboxylic acids is 1. The molecule has 2 N–H and O–H groups in total. The second kappa shape index (κ2) is 4.30. The predicted molar refractivity (Wildman–Crippen MR) is 56.1 cm³/mol. The van der Waals surface area contributed by atoms with E-state index in [1.54, 1.807) is 24.5 Å². The van der Waals surface area contributed by atoms with Crippen molar-refractivity contribution in [2.45, 2.75) is 0 Å². The molecule has 0 saturated heterocycles. The number of rotatable bonds is 3. The number of nitrogens with one attached hydrogen (secondary N) is 2. The Morgan fingerprint density at radius 3 is 3.00 bits per heavy atom. The number of aromatic amines is 1. The Hall–Kier alpha value is -2.57. The van der Waals surface area contributed by atoms with E-state index in [0.717, 1.165) is 0 Å². The average molecular weight is 216 g/mol. The molecule has 0 spiro atoms. The van der Waals surface area contributed by atoms with Gasteiger partial charge in [-0.25, -0.2) is 5.10 Å². The average Bonchev–Trinajstić information content (AvgIpc) is 2.82. The van der Waals surface area contributed by atoms with Gasteiger partial charge in [-0.1, -0.05) is 17.7 Å². The molecular weight excluding hydrogens is 208 g/mol. The fraction of sp³-hybridized carbons (Fsp3) is 0. The number of aromatic nitrogens is 5. The first-order valence-corrected chi connectivity index (χ1v) is 4.42. The van der Waals surface area contributed by atoms with Crippen molar-refractivity contribution in [1.82, 2.24) is 25.6 Å².